The second kappa shape index (κ2) is 10.8. The fourth-order valence-corrected chi connectivity index (χ4v) is 3.51. The summed E-state index contributed by atoms with van der Waals surface area (Å²) in [5.74, 6) is -0.175. The number of rotatable bonds is 8. The average Bonchev–Trinajstić information content (AvgIpc) is 3.37. The molecular formula is C26H21ClN2O6. The number of halogens is 1. The van der Waals surface area contributed by atoms with E-state index in [2.05, 4.69) is 10.3 Å². The van der Waals surface area contributed by atoms with Crippen LogP contribution in [0.2, 0.25) is 5.02 Å². The van der Waals surface area contributed by atoms with E-state index in [1.165, 1.54) is 32.6 Å². The van der Waals surface area contributed by atoms with E-state index in [4.69, 9.17) is 30.2 Å². The summed E-state index contributed by atoms with van der Waals surface area (Å²) in [6, 6.07) is 18.8. The van der Waals surface area contributed by atoms with Crippen LogP contribution in [0.4, 0.5) is 5.69 Å². The number of aromatic nitrogens is 1. The fraction of sp³-hybridized carbons (Fsp3) is 0.115. The summed E-state index contributed by atoms with van der Waals surface area (Å²) in [5.41, 5.74) is 1.71. The standard InChI is InChI=1S/C26H21ClN2O6/c1-32-22-12-19(21(13-23(22)33-2)29-24(30)18-10-6-7-11-20(18)27)26(31)35-15-17-14-34-25(28-17)16-8-4-3-5-9-16/h3-14H,15H2,1-2H3,(H,29,30). The lowest BCUT2D eigenvalue weighted by Crippen LogP contribution is -2.17. The number of hydrogen-bond donors (Lipinski definition) is 1. The van der Waals surface area contributed by atoms with Crippen LogP contribution in [0, 0.1) is 0 Å². The third-order valence-corrected chi connectivity index (χ3v) is 5.36. The first kappa shape index (κ1) is 23.8. The molecule has 3 aromatic carbocycles. The molecule has 1 N–H and O–H groups in total. The summed E-state index contributed by atoms with van der Waals surface area (Å²) in [4.78, 5) is 30.2. The third-order valence-electron chi connectivity index (χ3n) is 5.03. The van der Waals surface area contributed by atoms with Gasteiger partial charge in [0, 0.05) is 17.7 Å². The van der Waals surface area contributed by atoms with Crippen LogP contribution in [0.3, 0.4) is 0 Å². The number of oxazole rings is 1. The zero-order valence-electron chi connectivity index (χ0n) is 18.9. The van der Waals surface area contributed by atoms with Gasteiger partial charge in [0.25, 0.3) is 5.91 Å². The SMILES string of the molecule is COc1cc(NC(=O)c2ccccc2Cl)c(C(=O)OCc2coc(-c3ccccc3)n2)cc1OC. The normalized spacial score (nSPS) is 10.5. The molecule has 0 fully saturated rings. The van der Waals surface area contributed by atoms with Gasteiger partial charge in [-0.05, 0) is 24.3 Å². The van der Waals surface area contributed by atoms with E-state index in [0.29, 0.717) is 23.1 Å². The van der Waals surface area contributed by atoms with Crippen LogP contribution in [0.15, 0.2) is 77.4 Å². The molecule has 178 valence electrons. The van der Waals surface area contributed by atoms with Crippen LogP contribution in [-0.4, -0.2) is 31.1 Å². The van der Waals surface area contributed by atoms with Crippen LogP contribution in [0.5, 0.6) is 11.5 Å². The van der Waals surface area contributed by atoms with Crippen molar-refractivity contribution in [1.29, 1.82) is 0 Å². The van der Waals surface area contributed by atoms with Gasteiger partial charge in [-0.25, -0.2) is 9.78 Å². The van der Waals surface area contributed by atoms with Crippen molar-refractivity contribution in [2.75, 3.05) is 19.5 Å². The van der Waals surface area contributed by atoms with E-state index in [-0.39, 0.29) is 28.4 Å². The van der Waals surface area contributed by atoms with Crippen molar-refractivity contribution in [3.8, 4) is 23.0 Å². The molecule has 0 saturated carbocycles. The maximum atomic E-state index is 13.0. The van der Waals surface area contributed by atoms with E-state index in [1.807, 2.05) is 30.3 Å². The number of carbonyl (C=O) groups excluding carboxylic acids is 2. The van der Waals surface area contributed by atoms with Crippen molar-refractivity contribution in [3.05, 3.63) is 94.8 Å². The molecule has 0 unspecified atom stereocenters. The number of nitrogens with zero attached hydrogens (tertiary/aromatic N) is 1. The summed E-state index contributed by atoms with van der Waals surface area (Å²) in [6.07, 6.45) is 1.42. The van der Waals surface area contributed by atoms with Crippen molar-refractivity contribution in [2.45, 2.75) is 6.61 Å². The van der Waals surface area contributed by atoms with Gasteiger partial charge in [0.2, 0.25) is 5.89 Å². The molecular weight excluding hydrogens is 472 g/mol. The molecule has 4 rings (SSSR count). The summed E-state index contributed by atoms with van der Waals surface area (Å²) < 4.78 is 21.6. The fourth-order valence-electron chi connectivity index (χ4n) is 3.29. The molecule has 0 radical (unpaired) electrons. The van der Waals surface area contributed by atoms with E-state index < -0.39 is 11.9 Å². The number of methoxy groups -OCH3 is 2. The molecule has 1 aromatic heterocycles. The Morgan fingerprint density at radius 1 is 0.943 bits per heavy atom. The Morgan fingerprint density at radius 2 is 1.63 bits per heavy atom. The van der Waals surface area contributed by atoms with Gasteiger partial charge in [-0.3, -0.25) is 4.79 Å². The van der Waals surface area contributed by atoms with Crippen molar-refractivity contribution in [1.82, 2.24) is 4.98 Å². The number of esters is 1. The molecule has 4 aromatic rings. The maximum absolute atomic E-state index is 13.0. The maximum Gasteiger partial charge on any atom is 0.340 e. The Morgan fingerprint density at radius 3 is 2.34 bits per heavy atom. The lowest BCUT2D eigenvalue weighted by Gasteiger charge is -2.15. The van der Waals surface area contributed by atoms with Gasteiger partial charge >= 0.3 is 5.97 Å². The van der Waals surface area contributed by atoms with Crippen molar-refractivity contribution < 1.29 is 28.2 Å². The predicted molar refractivity (Wildman–Crippen MR) is 130 cm³/mol. The molecule has 8 nitrogen and oxygen atoms in total. The highest BCUT2D eigenvalue weighted by atomic mass is 35.5. The topological polar surface area (TPSA) is 99.9 Å². The zero-order valence-corrected chi connectivity index (χ0v) is 19.7. The van der Waals surface area contributed by atoms with Gasteiger partial charge in [-0.15, -0.1) is 0 Å². The molecule has 0 spiro atoms. The lowest BCUT2D eigenvalue weighted by molar-refractivity contribution is 0.0468. The average molecular weight is 493 g/mol. The van der Waals surface area contributed by atoms with E-state index in [1.54, 1.807) is 24.3 Å². The molecule has 35 heavy (non-hydrogen) atoms. The van der Waals surface area contributed by atoms with Gasteiger partial charge in [0.1, 0.15) is 18.6 Å². The molecule has 0 saturated heterocycles. The van der Waals surface area contributed by atoms with Gasteiger partial charge < -0.3 is 23.9 Å². The molecule has 0 bridgehead atoms. The first-order valence-corrected chi connectivity index (χ1v) is 10.9. The predicted octanol–water partition coefficient (Wildman–Crippen LogP) is 5.62. The van der Waals surface area contributed by atoms with Crippen LogP contribution >= 0.6 is 11.6 Å². The number of nitrogens with one attached hydrogen (secondary N) is 1. The Balaban J connectivity index is 1.56. The highest BCUT2D eigenvalue weighted by molar-refractivity contribution is 6.34. The van der Waals surface area contributed by atoms with E-state index in [9.17, 15) is 9.59 Å². The highest BCUT2D eigenvalue weighted by Crippen LogP contribution is 2.34. The van der Waals surface area contributed by atoms with Crippen molar-refractivity contribution in [3.63, 3.8) is 0 Å². The minimum atomic E-state index is -0.704. The Labute approximate surface area is 206 Å². The number of carbonyl (C=O) groups is 2. The van der Waals surface area contributed by atoms with Crippen LogP contribution in [-0.2, 0) is 11.3 Å². The molecule has 9 heteroatoms. The minimum absolute atomic E-state index is 0.0647. The highest BCUT2D eigenvalue weighted by Gasteiger charge is 2.21. The first-order chi connectivity index (χ1) is 17.0. The number of amides is 1. The largest absolute Gasteiger partial charge is 0.493 e. The molecule has 0 aliphatic heterocycles. The second-order valence-electron chi connectivity index (χ2n) is 7.27. The van der Waals surface area contributed by atoms with E-state index >= 15 is 0 Å². The van der Waals surface area contributed by atoms with Gasteiger partial charge in [-0.2, -0.15) is 0 Å². The quantitative estimate of drug-likeness (QED) is 0.318. The van der Waals surface area contributed by atoms with Crippen molar-refractivity contribution in [2.24, 2.45) is 0 Å². The molecule has 0 atom stereocenters. The minimum Gasteiger partial charge on any atom is -0.493 e. The van der Waals surface area contributed by atoms with Crippen molar-refractivity contribution >= 4 is 29.2 Å². The molecule has 1 amide bonds. The summed E-state index contributed by atoms with van der Waals surface area (Å²) in [7, 11) is 2.89. The van der Waals surface area contributed by atoms with Gasteiger partial charge in [0.05, 0.1) is 36.1 Å². The number of ether oxygens (including phenoxy) is 3. The Kier molecular flexibility index (Phi) is 7.32. The van der Waals surface area contributed by atoms with Crippen LogP contribution < -0.4 is 14.8 Å². The molecule has 1 heterocycles. The molecule has 0 aliphatic carbocycles. The Bertz CT molecular complexity index is 1350. The zero-order chi connectivity index (χ0) is 24.8. The Hall–Kier alpha value is -4.30. The first-order valence-electron chi connectivity index (χ1n) is 10.5. The summed E-state index contributed by atoms with van der Waals surface area (Å²) >= 11 is 6.14. The third kappa shape index (κ3) is 5.44. The summed E-state index contributed by atoms with van der Waals surface area (Å²) in [5, 5.41) is 2.98. The summed E-state index contributed by atoms with van der Waals surface area (Å²) in [6.45, 7) is -0.137. The lowest BCUT2D eigenvalue weighted by atomic mass is 10.1. The van der Waals surface area contributed by atoms with Gasteiger partial charge in [0.15, 0.2) is 11.5 Å². The van der Waals surface area contributed by atoms with E-state index in [0.717, 1.165) is 5.56 Å². The number of hydrogen-bond acceptors (Lipinski definition) is 7. The molecule has 0 aliphatic rings. The monoisotopic (exact) mass is 492 g/mol. The second-order valence-corrected chi connectivity index (χ2v) is 7.68. The number of benzene rings is 3. The van der Waals surface area contributed by atoms with Crippen LogP contribution in [0.25, 0.3) is 11.5 Å². The van der Waals surface area contributed by atoms with Gasteiger partial charge in [-0.1, -0.05) is 41.9 Å². The smallest absolute Gasteiger partial charge is 0.340 e. The van der Waals surface area contributed by atoms with Crippen LogP contribution in [0.1, 0.15) is 26.4 Å². The number of anilines is 1.